The Bertz CT molecular complexity index is 1430. The Morgan fingerprint density at radius 1 is 1.07 bits per heavy atom. The number of non-ortho nitro benzene ring substituents is 1. The first-order chi connectivity index (χ1) is 19.8. The minimum Gasteiger partial charge on any atom is -0.495 e. The molecule has 2 aliphatic rings. The third-order valence-electron chi connectivity index (χ3n) is 7.67. The zero-order valence-electron chi connectivity index (χ0n) is 22.7. The molecule has 2 atom stereocenters. The molecule has 2 heterocycles. The number of nitro groups is 1. The van der Waals surface area contributed by atoms with Gasteiger partial charge >= 0.3 is 0 Å². The van der Waals surface area contributed by atoms with E-state index < -0.39 is 17.0 Å². The first-order valence-electron chi connectivity index (χ1n) is 13.5. The van der Waals surface area contributed by atoms with Gasteiger partial charge < -0.3 is 25.2 Å². The van der Waals surface area contributed by atoms with Gasteiger partial charge in [-0.15, -0.1) is 0 Å². The van der Waals surface area contributed by atoms with E-state index in [0.717, 1.165) is 11.1 Å². The summed E-state index contributed by atoms with van der Waals surface area (Å²) < 4.78 is 5.44. The van der Waals surface area contributed by atoms with Gasteiger partial charge in [0.25, 0.3) is 5.69 Å². The van der Waals surface area contributed by atoms with Gasteiger partial charge in [-0.2, -0.15) is 0 Å². The molecule has 3 aromatic rings. The molecule has 5 rings (SSSR count). The highest BCUT2D eigenvalue weighted by molar-refractivity contribution is 6.30. The maximum absolute atomic E-state index is 13.8. The summed E-state index contributed by atoms with van der Waals surface area (Å²) in [6.45, 7) is 2.31. The summed E-state index contributed by atoms with van der Waals surface area (Å²) >= 11 is 6.07. The number of hydrogen-bond acceptors (Lipinski definition) is 7. The lowest BCUT2D eigenvalue weighted by Gasteiger charge is -2.38. The molecule has 0 spiro atoms. The van der Waals surface area contributed by atoms with E-state index in [1.165, 1.54) is 24.8 Å². The number of hydrogen-bond donors (Lipinski definition) is 2. The van der Waals surface area contributed by atoms with Crippen molar-refractivity contribution in [3.8, 4) is 5.75 Å². The van der Waals surface area contributed by atoms with Crippen molar-refractivity contribution in [2.24, 2.45) is 0 Å². The number of methoxy groups -OCH3 is 1. The third-order valence-corrected chi connectivity index (χ3v) is 7.92. The number of benzene rings is 3. The topological polar surface area (TPSA) is 117 Å². The molecule has 2 N–H and O–H groups in total. The first-order valence-corrected chi connectivity index (χ1v) is 13.9. The number of rotatable bonds is 8. The van der Waals surface area contributed by atoms with Crippen LogP contribution in [0, 0.1) is 10.1 Å². The zero-order chi connectivity index (χ0) is 28.9. The van der Waals surface area contributed by atoms with Crippen molar-refractivity contribution in [2.45, 2.75) is 31.5 Å². The monoisotopic (exact) mass is 577 g/mol. The highest BCUT2D eigenvalue weighted by Gasteiger charge is 2.32. The summed E-state index contributed by atoms with van der Waals surface area (Å²) in [7, 11) is 1.52. The van der Waals surface area contributed by atoms with E-state index in [0.29, 0.717) is 62.0 Å². The van der Waals surface area contributed by atoms with Crippen molar-refractivity contribution in [1.29, 1.82) is 0 Å². The van der Waals surface area contributed by atoms with Crippen LogP contribution in [0.5, 0.6) is 5.75 Å². The molecule has 0 aromatic heterocycles. The van der Waals surface area contributed by atoms with Crippen molar-refractivity contribution in [1.82, 2.24) is 15.5 Å². The van der Waals surface area contributed by atoms with Gasteiger partial charge in [0.05, 0.1) is 23.8 Å². The largest absolute Gasteiger partial charge is 0.495 e. The molecular weight excluding hydrogens is 546 g/mol. The number of amides is 2. The lowest BCUT2D eigenvalue weighted by molar-refractivity contribution is -0.384. The third kappa shape index (κ3) is 6.61. The quantitative estimate of drug-likeness (QED) is 0.311. The first kappa shape index (κ1) is 28.4. The Morgan fingerprint density at radius 2 is 1.78 bits per heavy atom. The van der Waals surface area contributed by atoms with Crippen LogP contribution in [0.1, 0.15) is 16.7 Å². The highest BCUT2D eigenvalue weighted by atomic mass is 35.5. The molecule has 0 bridgehead atoms. The number of anilines is 1. The second kappa shape index (κ2) is 12.6. The van der Waals surface area contributed by atoms with Crippen molar-refractivity contribution < 1.29 is 19.2 Å². The average Bonchev–Trinajstić information content (AvgIpc) is 3.00. The summed E-state index contributed by atoms with van der Waals surface area (Å²) in [5, 5.41) is 18.2. The molecule has 2 aliphatic heterocycles. The van der Waals surface area contributed by atoms with E-state index in [2.05, 4.69) is 10.6 Å². The summed E-state index contributed by atoms with van der Waals surface area (Å²) in [6, 6.07) is 18.6. The van der Waals surface area contributed by atoms with Crippen LogP contribution in [0.15, 0.2) is 66.7 Å². The summed E-state index contributed by atoms with van der Waals surface area (Å²) in [5.41, 5.74) is 3.77. The van der Waals surface area contributed by atoms with Crippen molar-refractivity contribution >= 4 is 34.8 Å². The molecule has 0 aliphatic carbocycles. The van der Waals surface area contributed by atoms with E-state index in [4.69, 9.17) is 16.3 Å². The van der Waals surface area contributed by atoms with Crippen molar-refractivity contribution in [3.63, 3.8) is 0 Å². The molecular formula is C30H32ClN5O5. The van der Waals surface area contributed by atoms with Crippen LogP contribution in [0.4, 0.5) is 11.4 Å². The number of fused-ring (bicyclic) bond motifs is 1. The lowest BCUT2D eigenvalue weighted by Crippen LogP contribution is -2.58. The van der Waals surface area contributed by atoms with Gasteiger partial charge in [-0.25, -0.2) is 0 Å². The Balaban J connectivity index is 1.29. The molecule has 10 nitrogen and oxygen atoms in total. The van der Waals surface area contributed by atoms with Crippen LogP contribution >= 0.6 is 11.6 Å². The van der Waals surface area contributed by atoms with Gasteiger partial charge in [0.2, 0.25) is 11.8 Å². The van der Waals surface area contributed by atoms with Crippen LogP contribution in [-0.4, -0.2) is 67.0 Å². The molecule has 1 fully saturated rings. The minimum atomic E-state index is -0.762. The van der Waals surface area contributed by atoms with Crippen LogP contribution in [0.2, 0.25) is 5.02 Å². The van der Waals surface area contributed by atoms with E-state index in [1.54, 1.807) is 23.1 Å². The molecule has 1 saturated heterocycles. The molecule has 3 aromatic carbocycles. The van der Waals surface area contributed by atoms with E-state index in [-0.39, 0.29) is 17.5 Å². The average molecular weight is 578 g/mol. The van der Waals surface area contributed by atoms with Gasteiger partial charge in [0.15, 0.2) is 0 Å². The smallest absolute Gasteiger partial charge is 0.271 e. The number of piperazine rings is 1. The van der Waals surface area contributed by atoms with E-state index in [1.807, 2.05) is 41.3 Å². The number of nitrogens with one attached hydrogen (secondary N) is 2. The van der Waals surface area contributed by atoms with E-state index >= 15 is 0 Å². The fraction of sp³-hybridized carbons (Fsp3) is 0.333. The van der Waals surface area contributed by atoms with Crippen molar-refractivity contribution in [2.75, 3.05) is 38.2 Å². The number of nitro benzene ring substituents is 1. The van der Waals surface area contributed by atoms with Crippen molar-refractivity contribution in [3.05, 3.63) is 98.6 Å². The van der Waals surface area contributed by atoms with Gasteiger partial charge in [-0.3, -0.25) is 19.7 Å². The fourth-order valence-electron chi connectivity index (χ4n) is 5.40. The maximum atomic E-state index is 13.8. The number of carbonyl (C=O) groups excluding carboxylic acids is 2. The van der Waals surface area contributed by atoms with Gasteiger partial charge in [-0.1, -0.05) is 48.0 Å². The molecule has 11 heteroatoms. The number of carbonyl (C=O) groups is 2. The minimum absolute atomic E-state index is 0.0241. The number of halogens is 1. The Kier molecular flexibility index (Phi) is 8.70. The SMILES string of the molecule is COc1ccc([N+](=O)[O-])cc1N1CCN(C(=O)[C@@H](Cc2ccc(Cl)cc2)NC(=O)[C@H]2Cc3ccccc3CN2)CC1. The Morgan fingerprint density at radius 3 is 2.46 bits per heavy atom. The van der Waals surface area contributed by atoms with Crippen LogP contribution in [0.3, 0.4) is 0 Å². The van der Waals surface area contributed by atoms with Crippen LogP contribution in [0.25, 0.3) is 0 Å². The van der Waals surface area contributed by atoms with Gasteiger partial charge in [-0.05, 0) is 41.3 Å². The predicted molar refractivity (Wildman–Crippen MR) is 156 cm³/mol. The highest BCUT2D eigenvalue weighted by Crippen LogP contribution is 2.33. The Labute approximate surface area is 243 Å². The Hall–Kier alpha value is -4.15. The summed E-state index contributed by atoms with van der Waals surface area (Å²) in [6.07, 6.45) is 0.873. The molecule has 2 amide bonds. The second-order valence-electron chi connectivity index (χ2n) is 10.2. The molecule has 0 unspecified atom stereocenters. The standard InChI is InChI=1S/C30H32ClN5O5/c1-41-28-11-10-24(36(39)40)18-27(28)34-12-14-35(15-13-34)30(38)26(16-20-6-8-23(31)9-7-20)33-29(37)25-17-21-4-2-3-5-22(21)19-32-25/h2-11,18,25-26,32H,12-17,19H2,1H3,(H,33,37)/t25-,26-/m1/s1. The number of ether oxygens (including phenoxy) is 1. The lowest BCUT2D eigenvalue weighted by atomic mass is 9.95. The van der Waals surface area contributed by atoms with Gasteiger partial charge in [0.1, 0.15) is 11.8 Å². The molecule has 0 radical (unpaired) electrons. The van der Waals surface area contributed by atoms with Gasteiger partial charge in [0, 0.05) is 56.3 Å². The van der Waals surface area contributed by atoms with Crippen LogP contribution in [-0.2, 0) is 29.0 Å². The van der Waals surface area contributed by atoms with E-state index in [9.17, 15) is 19.7 Å². The molecule has 41 heavy (non-hydrogen) atoms. The normalized spacial score (nSPS) is 17.4. The summed E-state index contributed by atoms with van der Waals surface area (Å²) in [4.78, 5) is 41.8. The molecule has 214 valence electrons. The molecule has 0 saturated carbocycles. The zero-order valence-corrected chi connectivity index (χ0v) is 23.5. The number of nitrogens with zero attached hydrogens (tertiary/aromatic N) is 3. The fourth-order valence-corrected chi connectivity index (χ4v) is 5.52. The predicted octanol–water partition coefficient (Wildman–Crippen LogP) is 3.35. The van der Waals surface area contributed by atoms with Crippen LogP contribution < -0.4 is 20.3 Å². The summed E-state index contributed by atoms with van der Waals surface area (Å²) in [5.74, 6) is 0.145. The maximum Gasteiger partial charge on any atom is 0.271 e. The second-order valence-corrected chi connectivity index (χ2v) is 10.7.